The number of unbranched alkanes of at least 4 members (excludes halogenated alkanes) is 1. The van der Waals surface area contributed by atoms with E-state index in [2.05, 4.69) is 0 Å². The molecule has 13 heavy (non-hydrogen) atoms. The molecule has 0 atom stereocenters. The van der Waals surface area contributed by atoms with Crippen LogP contribution < -0.4 is 5.73 Å². The lowest BCUT2D eigenvalue weighted by atomic mass is 10.3. The maximum Gasteiger partial charge on any atom is 0.193 e. The van der Waals surface area contributed by atoms with Crippen molar-refractivity contribution in [2.24, 2.45) is 5.73 Å². The van der Waals surface area contributed by atoms with Crippen LogP contribution >= 0.6 is 23.4 Å². The van der Waals surface area contributed by atoms with Crippen molar-refractivity contribution in [1.82, 2.24) is 0 Å². The van der Waals surface area contributed by atoms with E-state index in [1.807, 2.05) is 17.8 Å². The molecule has 0 spiro atoms. The molecule has 1 aromatic rings. The van der Waals surface area contributed by atoms with Crippen molar-refractivity contribution in [2.45, 2.75) is 18.6 Å². The molecule has 0 aliphatic carbocycles. The van der Waals surface area contributed by atoms with E-state index in [0.717, 1.165) is 30.2 Å². The molecule has 0 saturated heterocycles. The Kier molecular flexibility index (Phi) is 5.35. The van der Waals surface area contributed by atoms with E-state index in [1.165, 1.54) is 6.42 Å². The lowest BCUT2D eigenvalue weighted by molar-refractivity contribution is 0.532. The van der Waals surface area contributed by atoms with Gasteiger partial charge in [0, 0.05) is 0 Å². The maximum atomic E-state index is 5.63. The molecule has 0 radical (unpaired) electrons. The summed E-state index contributed by atoms with van der Waals surface area (Å²) in [5, 5.41) is 0.470. The molecule has 1 heterocycles. The number of halogens is 1. The van der Waals surface area contributed by atoms with Gasteiger partial charge in [0.1, 0.15) is 5.76 Å². The Morgan fingerprint density at radius 1 is 1.38 bits per heavy atom. The predicted octanol–water partition coefficient (Wildman–Crippen LogP) is 2.91. The van der Waals surface area contributed by atoms with Gasteiger partial charge in [-0.1, -0.05) is 0 Å². The molecule has 0 aliphatic rings. The van der Waals surface area contributed by atoms with Gasteiger partial charge in [0.05, 0.1) is 5.75 Å². The Morgan fingerprint density at radius 3 is 2.85 bits per heavy atom. The quantitative estimate of drug-likeness (QED) is 0.748. The van der Waals surface area contributed by atoms with E-state index in [-0.39, 0.29) is 0 Å². The van der Waals surface area contributed by atoms with Crippen LogP contribution in [0.3, 0.4) is 0 Å². The molecule has 0 aromatic carbocycles. The minimum Gasteiger partial charge on any atom is -0.449 e. The molecule has 0 bridgehead atoms. The van der Waals surface area contributed by atoms with Gasteiger partial charge in [-0.15, -0.1) is 0 Å². The minimum absolute atomic E-state index is 0.470. The van der Waals surface area contributed by atoms with Crippen molar-refractivity contribution in [3.8, 4) is 0 Å². The monoisotopic (exact) mass is 219 g/mol. The van der Waals surface area contributed by atoms with E-state index in [9.17, 15) is 0 Å². The summed E-state index contributed by atoms with van der Waals surface area (Å²) in [6.07, 6.45) is 2.28. The van der Waals surface area contributed by atoms with Crippen molar-refractivity contribution in [3.05, 3.63) is 23.1 Å². The zero-order valence-electron chi connectivity index (χ0n) is 7.46. The highest BCUT2D eigenvalue weighted by Crippen LogP contribution is 2.18. The van der Waals surface area contributed by atoms with Crippen LogP contribution in [-0.2, 0) is 5.75 Å². The average molecular weight is 220 g/mol. The molecule has 0 fully saturated rings. The number of thioether (sulfide) groups is 1. The molecule has 4 heteroatoms. The summed E-state index contributed by atoms with van der Waals surface area (Å²) in [5.74, 6) is 2.98. The number of rotatable bonds is 6. The molecule has 0 amide bonds. The average Bonchev–Trinajstić information content (AvgIpc) is 2.51. The second-order valence-corrected chi connectivity index (χ2v) is 4.23. The molecule has 1 aromatic heterocycles. The third-order valence-corrected chi connectivity index (χ3v) is 2.89. The van der Waals surface area contributed by atoms with Gasteiger partial charge in [0.2, 0.25) is 0 Å². The fraction of sp³-hybridized carbons (Fsp3) is 0.556. The zero-order chi connectivity index (χ0) is 9.52. The van der Waals surface area contributed by atoms with E-state index in [1.54, 1.807) is 6.07 Å². The Balaban J connectivity index is 2.06. The van der Waals surface area contributed by atoms with E-state index in [4.69, 9.17) is 21.8 Å². The standard InChI is InChI=1S/C9H14ClNOS/c10-9-4-3-8(12-9)7-13-6-2-1-5-11/h3-4H,1-2,5-7,11H2. The van der Waals surface area contributed by atoms with Crippen LogP contribution in [-0.4, -0.2) is 12.3 Å². The summed E-state index contributed by atoms with van der Waals surface area (Å²) < 4.78 is 5.21. The first-order chi connectivity index (χ1) is 6.33. The lowest BCUT2D eigenvalue weighted by Gasteiger charge is -1.97. The van der Waals surface area contributed by atoms with Gasteiger partial charge in [-0.2, -0.15) is 11.8 Å². The smallest absolute Gasteiger partial charge is 0.193 e. The lowest BCUT2D eigenvalue weighted by Crippen LogP contribution is -1.98. The number of hydrogen-bond donors (Lipinski definition) is 1. The first kappa shape index (κ1) is 11.0. The number of hydrogen-bond acceptors (Lipinski definition) is 3. The third-order valence-electron chi connectivity index (χ3n) is 1.62. The predicted molar refractivity (Wildman–Crippen MR) is 58.2 cm³/mol. The van der Waals surface area contributed by atoms with Gasteiger partial charge in [-0.05, 0) is 48.9 Å². The fourth-order valence-corrected chi connectivity index (χ4v) is 2.02. The van der Waals surface area contributed by atoms with Crippen LogP contribution in [0.1, 0.15) is 18.6 Å². The summed E-state index contributed by atoms with van der Waals surface area (Å²) in [6.45, 7) is 0.785. The van der Waals surface area contributed by atoms with Crippen LogP contribution in [0.2, 0.25) is 5.22 Å². The first-order valence-corrected chi connectivity index (χ1v) is 5.88. The van der Waals surface area contributed by atoms with Crippen LogP contribution in [0.15, 0.2) is 16.5 Å². The molecule has 0 aliphatic heterocycles. The van der Waals surface area contributed by atoms with Gasteiger partial charge in [0.15, 0.2) is 5.22 Å². The Morgan fingerprint density at radius 2 is 2.23 bits per heavy atom. The van der Waals surface area contributed by atoms with Gasteiger partial charge in [0.25, 0.3) is 0 Å². The van der Waals surface area contributed by atoms with E-state index < -0.39 is 0 Å². The Hall–Kier alpha value is -0.120. The van der Waals surface area contributed by atoms with E-state index in [0.29, 0.717) is 5.22 Å². The summed E-state index contributed by atoms with van der Waals surface area (Å²) >= 11 is 7.48. The van der Waals surface area contributed by atoms with Gasteiger partial charge in [-0.3, -0.25) is 0 Å². The Labute approximate surface area is 87.8 Å². The SMILES string of the molecule is NCCCCSCc1ccc(Cl)o1. The Bertz CT molecular complexity index is 239. The van der Waals surface area contributed by atoms with Crippen molar-refractivity contribution in [2.75, 3.05) is 12.3 Å². The highest BCUT2D eigenvalue weighted by Gasteiger charge is 1.98. The summed E-state index contributed by atoms with van der Waals surface area (Å²) in [6, 6.07) is 3.69. The van der Waals surface area contributed by atoms with Crippen LogP contribution in [0.25, 0.3) is 0 Å². The zero-order valence-corrected chi connectivity index (χ0v) is 9.03. The number of nitrogens with two attached hydrogens (primary N) is 1. The minimum atomic E-state index is 0.470. The molecule has 74 valence electrons. The molecule has 2 N–H and O–H groups in total. The summed E-state index contributed by atoms with van der Waals surface area (Å²) in [4.78, 5) is 0. The third kappa shape index (κ3) is 4.60. The normalized spacial score (nSPS) is 10.6. The van der Waals surface area contributed by atoms with Crippen molar-refractivity contribution in [1.29, 1.82) is 0 Å². The van der Waals surface area contributed by atoms with E-state index >= 15 is 0 Å². The van der Waals surface area contributed by atoms with Crippen LogP contribution in [0, 0.1) is 0 Å². The molecule has 0 unspecified atom stereocenters. The van der Waals surface area contributed by atoms with Crippen molar-refractivity contribution in [3.63, 3.8) is 0 Å². The van der Waals surface area contributed by atoms with Crippen molar-refractivity contribution >= 4 is 23.4 Å². The highest BCUT2D eigenvalue weighted by atomic mass is 35.5. The summed E-state index contributed by atoms with van der Waals surface area (Å²) in [5.41, 5.74) is 5.38. The molecular formula is C9H14ClNOS. The molecular weight excluding hydrogens is 206 g/mol. The fourth-order valence-electron chi connectivity index (χ4n) is 0.951. The molecule has 2 nitrogen and oxygen atoms in total. The second kappa shape index (κ2) is 6.35. The van der Waals surface area contributed by atoms with Crippen LogP contribution in [0.4, 0.5) is 0 Å². The van der Waals surface area contributed by atoms with Gasteiger partial charge in [-0.25, -0.2) is 0 Å². The summed E-state index contributed by atoms with van der Waals surface area (Å²) in [7, 11) is 0. The maximum absolute atomic E-state index is 5.63. The first-order valence-electron chi connectivity index (χ1n) is 4.35. The topological polar surface area (TPSA) is 39.2 Å². The highest BCUT2D eigenvalue weighted by molar-refractivity contribution is 7.98. The largest absolute Gasteiger partial charge is 0.449 e. The second-order valence-electron chi connectivity index (χ2n) is 2.75. The molecule has 0 saturated carbocycles. The van der Waals surface area contributed by atoms with Crippen molar-refractivity contribution < 1.29 is 4.42 Å². The van der Waals surface area contributed by atoms with Gasteiger partial charge >= 0.3 is 0 Å². The van der Waals surface area contributed by atoms with Gasteiger partial charge < -0.3 is 10.2 Å². The molecule has 1 rings (SSSR count). The van der Waals surface area contributed by atoms with Crippen LogP contribution in [0.5, 0.6) is 0 Å². The number of furan rings is 1.